The molecule has 1 amide bonds. The first-order chi connectivity index (χ1) is 9.56. The summed E-state index contributed by atoms with van der Waals surface area (Å²) in [6.07, 6.45) is 0. The van der Waals surface area contributed by atoms with Crippen molar-refractivity contribution in [3.8, 4) is 0 Å². The van der Waals surface area contributed by atoms with Gasteiger partial charge in [-0.05, 0) is 35.9 Å². The van der Waals surface area contributed by atoms with Crippen molar-refractivity contribution in [2.45, 2.75) is 6.54 Å². The normalized spacial score (nSPS) is 13.8. The number of ketones is 1. The van der Waals surface area contributed by atoms with Crippen LogP contribution < -0.4 is 4.90 Å². The Bertz CT molecular complexity index is 712. The molecule has 0 bridgehead atoms. The van der Waals surface area contributed by atoms with Crippen molar-refractivity contribution < 1.29 is 14.0 Å². The van der Waals surface area contributed by atoms with E-state index in [0.717, 1.165) is 10.0 Å². The lowest BCUT2D eigenvalue weighted by atomic mass is 10.1. The summed E-state index contributed by atoms with van der Waals surface area (Å²) in [5, 5.41) is 0. The molecule has 1 aliphatic rings. The Kier molecular flexibility index (Phi) is 3.14. The fourth-order valence-corrected chi connectivity index (χ4v) is 2.46. The van der Waals surface area contributed by atoms with Gasteiger partial charge in [0.15, 0.2) is 0 Å². The number of Topliss-reactive ketones (excluding diaryl/α,β-unsaturated/α-hetero) is 1. The quantitative estimate of drug-likeness (QED) is 0.790. The smallest absolute Gasteiger partial charge is 0.299 e. The molecule has 0 N–H and O–H groups in total. The molecule has 0 radical (unpaired) electrons. The van der Waals surface area contributed by atoms with Gasteiger partial charge in [-0.2, -0.15) is 0 Å². The molecule has 0 saturated heterocycles. The number of benzene rings is 2. The van der Waals surface area contributed by atoms with Crippen LogP contribution in [0, 0.1) is 5.82 Å². The highest BCUT2D eigenvalue weighted by Crippen LogP contribution is 2.31. The van der Waals surface area contributed by atoms with Gasteiger partial charge in [-0.15, -0.1) is 0 Å². The van der Waals surface area contributed by atoms with Crippen LogP contribution in [-0.4, -0.2) is 11.7 Å². The minimum atomic E-state index is -0.617. The van der Waals surface area contributed by atoms with Crippen LogP contribution in [-0.2, 0) is 11.3 Å². The Balaban J connectivity index is 1.98. The first-order valence-electron chi connectivity index (χ1n) is 5.96. The number of hydrogen-bond acceptors (Lipinski definition) is 2. The van der Waals surface area contributed by atoms with Crippen molar-refractivity contribution >= 4 is 33.3 Å². The Hall–Kier alpha value is -2.01. The van der Waals surface area contributed by atoms with Crippen LogP contribution in [0.25, 0.3) is 0 Å². The molecule has 1 heterocycles. The zero-order chi connectivity index (χ0) is 14.3. The van der Waals surface area contributed by atoms with Gasteiger partial charge >= 0.3 is 0 Å². The van der Waals surface area contributed by atoms with E-state index in [9.17, 15) is 14.0 Å². The summed E-state index contributed by atoms with van der Waals surface area (Å²) in [6.45, 7) is 0.244. The van der Waals surface area contributed by atoms with E-state index in [0.29, 0.717) is 5.69 Å². The highest BCUT2D eigenvalue weighted by atomic mass is 79.9. The number of carbonyl (C=O) groups is 2. The molecule has 3 rings (SSSR count). The lowest BCUT2D eigenvalue weighted by Gasteiger charge is -2.16. The third kappa shape index (κ3) is 2.14. The van der Waals surface area contributed by atoms with Crippen molar-refractivity contribution in [1.82, 2.24) is 0 Å². The van der Waals surface area contributed by atoms with Crippen LogP contribution in [0.4, 0.5) is 10.1 Å². The minimum Gasteiger partial charge on any atom is -0.300 e. The van der Waals surface area contributed by atoms with Gasteiger partial charge in [0.1, 0.15) is 5.82 Å². The summed E-state index contributed by atoms with van der Waals surface area (Å²) < 4.78 is 14.3. The Morgan fingerprint density at radius 2 is 1.75 bits per heavy atom. The van der Waals surface area contributed by atoms with Crippen LogP contribution >= 0.6 is 15.9 Å². The van der Waals surface area contributed by atoms with E-state index in [1.54, 1.807) is 0 Å². The first-order valence-corrected chi connectivity index (χ1v) is 6.76. The maximum absolute atomic E-state index is 13.3. The van der Waals surface area contributed by atoms with Gasteiger partial charge < -0.3 is 4.90 Å². The number of amides is 1. The van der Waals surface area contributed by atoms with Crippen molar-refractivity contribution in [1.29, 1.82) is 0 Å². The molecule has 0 unspecified atom stereocenters. The molecule has 20 heavy (non-hydrogen) atoms. The number of rotatable bonds is 2. The van der Waals surface area contributed by atoms with E-state index in [-0.39, 0.29) is 12.1 Å². The lowest BCUT2D eigenvalue weighted by molar-refractivity contribution is -0.114. The molecule has 0 aliphatic carbocycles. The number of anilines is 1. The van der Waals surface area contributed by atoms with Crippen LogP contribution in [0.3, 0.4) is 0 Å². The molecule has 2 aromatic rings. The summed E-state index contributed by atoms with van der Waals surface area (Å²) >= 11 is 3.33. The summed E-state index contributed by atoms with van der Waals surface area (Å²) in [6, 6.07) is 11.2. The van der Waals surface area contributed by atoms with Gasteiger partial charge in [-0.25, -0.2) is 4.39 Å². The second-order valence-electron chi connectivity index (χ2n) is 4.51. The molecule has 100 valence electrons. The number of fused-ring (bicyclic) bond motifs is 1. The summed E-state index contributed by atoms with van der Waals surface area (Å²) in [7, 11) is 0. The third-order valence-corrected chi connectivity index (χ3v) is 3.72. The van der Waals surface area contributed by atoms with Crippen molar-refractivity contribution in [3.05, 3.63) is 63.9 Å². The fourth-order valence-electron chi connectivity index (χ4n) is 2.20. The van der Waals surface area contributed by atoms with Gasteiger partial charge in [0.25, 0.3) is 11.7 Å². The Morgan fingerprint density at radius 1 is 1.05 bits per heavy atom. The second kappa shape index (κ2) is 4.83. The Labute approximate surface area is 123 Å². The number of hydrogen-bond donors (Lipinski definition) is 0. The summed E-state index contributed by atoms with van der Waals surface area (Å²) in [5.74, 6) is -1.67. The fraction of sp³-hybridized carbons (Fsp3) is 0.0667. The largest absolute Gasteiger partial charge is 0.300 e. The Morgan fingerprint density at radius 3 is 2.45 bits per heavy atom. The number of halogens is 2. The topological polar surface area (TPSA) is 37.4 Å². The van der Waals surface area contributed by atoms with E-state index >= 15 is 0 Å². The van der Waals surface area contributed by atoms with Gasteiger partial charge in [-0.3, -0.25) is 9.59 Å². The maximum Gasteiger partial charge on any atom is 0.299 e. The zero-order valence-electron chi connectivity index (χ0n) is 10.3. The van der Waals surface area contributed by atoms with E-state index in [2.05, 4.69) is 15.9 Å². The predicted molar refractivity (Wildman–Crippen MR) is 76.1 cm³/mol. The average Bonchev–Trinajstić information content (AvgIpc) is 2.66. The third-order valence-electron chi connectivity index (χ3n) is 3.19. The molecule has 0 fully saturated rings. The van der Waals surface area contributed by atoms with E-state index in [1.165, 1.54) is 23.1 Å². The molecule has 0 saturated carbocycles. The number of carbonyl (C=O) groups excluding carboxylic acids is 2. The standard InChI is InChI=1S/C15H9BrFNO2/c16-10-3-1-9(2-4-10)8-18-13-7-11(17)5-6-12(13)14(19)15(18)20/h1-7H,8H2. The van der Waals surface area contributed by atoms with Gasteiger partial charge in [0.2, 0.25) is 0 Å². The van der Waals surface area contributed by atoms with Crippen molar-refractivity contribution in [3.63, 3.8) is 0 Å². The van der Waals surface area contributed by atoms with Crippen LogP contribution in [0.5, 0.6) is 0 Å². The van der Waals surface area contributed by atoms with Gasteiger partial charge in [0.05, 0.1) is 17.8 Å². The molecule has 2 aromatic carbocycles. The summed E-state index contributed by atoms with van der Waals surface area (Å²) in [4.78, 5) is 25.1. The average molecular weight is 334 g/mol. The lowest BCUT2D eigenvalue weighted by Crippen LogP contribution is -2.29. The summed E-state index contributed by atoms with van der Waals surface area (Å²) in [5.41, 5.74) is 1.46. The van der Waals surface area contributed by atoms with Crippen LogP contribution in [0.1, 0.15) is 15.9 Å². The molecule has 5 heteroatoms. The molecular weight excluding hydrogens is 325 g/mol. The zero-order valence-corrected chi connectivity index (χ0v) is 11.9. The van der Waals surface area contributed by atoms with Crippen LogP contribution in [0.15, 0.2) is 46.9 Å². The monoisotopic (exact) mass is 333 g/mol. The van der Waals surface area contributed by atoms with Gasteiger partial charge in [0, 0.05) is 4.47 Å². The molecule has 0 spiro atoms. The van der Waals surface area contributed by atoms with E-state index in [1.807, 2.05) is 24.3 Å². The molecule has 0 atom stereocenters. The minimum absolute atomic E-state index is 0.244. The SMILES string of the molecule is O=C1C(=O)N(Cc2ccc(Br)cc2)c2cc(F)ccc21. The van der Waals surface area contributed by atoms with E-state index in [4.69, 9.17) is 0 Å². The number of nitrogens with zero attached hydrogens (tertiary/aromatic N) is 1. The molecule has 0 aromatic heterocycles. The van der Waals surface area contributed by atoms with Crippen molar-refractivity contribution in [2.24, 2.45) is 0 Å². The first kappa shape index (κ1) is 13.0. The maximum atomic E-state index is 13.3. The molecular formula is C15H9BrFNO2. The van der Waals surface area contributed by atoms with E-state index < -0.39 is 17.5 Å². The van der Waals surface area contributed by atoms with Crippen molar-refractivity contribution in [2.75, 3.05) is 4.90 Å². The highest BCUT2D eigenvalue weighted by molar-refractivity contribution is 9.10. The predicted octanol–water partition coefficient (Wildman–Crippen LogP) is 3.32. The molecule has 3 nitrogen and oxygen atoms in total. The second-order valence-corrected chi connectivity index (χ2v) is 5.42. The van der Waals surface area contributed by atoms with Crippen LogP contribution in [0.2, 0.25) is 0 Å². The highest BCUT2D eigenvalue weighted by Gasteiger charge is 2.35. The van der Waals surface area contributed by atoms with Gasteiger partial charge in [-0.1, -0.05) is 28.1 Å². The molecule has 1 aliphatic heterocycles.